The number of benzene rings is 2. The standard InChI is InChI=1S/C27H22F2N6O5/c1-39-22-12-20-17(11-18(22)23(36)34-31)21(6-9-32-20)40-24-19(29)10-16(13-33-24)35(15-4-2-14(28)3-5-15)26(38)27(7-8-27)25(30)37/h2-6,9-13H,7-8,31H2,1H3,(H2,30,37)(H,34,36). The highest BCUT2D eigenvalue weighted by Crippen LogP contribution is 2.49. The highest BCUT2D eigenvalue weighted by molar-refractivity contribution is 6.16. The fourth-order valence-corrected chi connectivity index (χ4v) is 4.26. The summed E-state index contributed by atoms with van der Waals surface area (Å²) in [7, 11) is 1.38. The fourth-order valence-electron chi connectivity index (χ4n) is 4.26. The molecule has 0 saturated heterocycles. The molecule has 40 heavy (non-hydrogen) atoms. The topological polar surface area (TPSA) is 163 Å². The number of hydrogen-bond acceptors (Lipinski definition) is 8. The number of pyridine rings is 2. The Morgan fingerprint density at radius 2 is 1.73 bits per heavy atom. The van der Waals surface area contributed by atoms with E-state index in [1.807, 2.05) is 5.43 Å². The molecule has 13 heteroatoms. The van der Waals surface area contributed by atoms with Crippen LogP contribution in [0.4, 0.5) is 20.2 Å². The van der Waals surface area contributed by atoms with Gasteiger partial charge in [-0.15, -0.1) is 0 Å². The number of carbonyl (C=O) groups excluding carboxylic acids is 3. The number of primary amides is 1. The van der Waals surface area contributed by atoms with E-state index in [1.165, 1.54) is 49.8 Å². The summed E-state index contributed by atoms with van der Waals surface area (Å²) in [5.74, 6) is 1.56. The number of nitrogen functional groups attached to an aromatic ring is 1. The summed E-state index contributed by atoms with van der Waals surface area (Å²) in [5.41, 5.74) is 6.72. The summed E-state index contributed by atoms with van der Waals surface area (Å²) in [6, 6.07) is 10.3. The maximum atomic E-state index is 15.4. The molecule has 204 valence electrons. The Morgan fingerprint density at radius 1 is 1.00 bits per heavy atom. The molecule has 2 aromatic carbocycles. The second-order valence-corrected chi connectivity index (χ2v) is 9.00. The first-order chi connectivity index (χ1) is 19.2. The summed E-state index contributed by atoms with van der Waals surface area (Å²) in [6.07, 6.45) is 3.07. The summed E-state index contributed by atoms with van der Waals surface area (Å²) in [4.78, 5) is 47.1. The number of anilines is 2. The number of methoxy groups -OCH3 is 1. The number of aromatic nitrogens is 2. The predicted octanol–water partition coefficient (Wildman–Crippen LogP) is 3.24. The van der Waals surface area contributed by atoms with Gasteiger partial charge in [0.25, 0.3) is 11.8 Å². The van der Waals surface area contributed by atoms with Crippen molar-refractivity contribution >= 4 is 40.0 Å². The first kappa shape index (κ1) is 26.4. The maximum Gasteiger partial charge on any atom is 0.268 e. The van der Waals surface area contributed by atoms with Crippen LogP contribution < -0.4 is 31.4 Å². The van der Waals surface area contributed by atoms with Crippen LogP contribution in [0.3, 0.4) is 0 Å². The molecule has 1 aliphatic carbocycles. The lowest BCUT2D eigenvalue weighted by Gasteiger charge is -2.26. The van der Waals surface area contributed by atoms with Gasteiger partial charge in [0.05, 0.1) is 30.1 Å². The van der Waals surface area contributed by atoms with Crippen molar-refractivity contribution in [2.45, 2.75) is 12.8 Å². The molecule has 1 saturated carbocycles. The number of nitrogens with two attached hydrogens (primary N) is 2. The highest BCUT2D eigenvalue weighted by atomic mass is 19.1. The molecule has 0 radical (unpaired) electrons. The van der Waals surface area contributed by atoms with Crippen LogP contribution in [0.25, 0.3) is 10.9 Å². The van der Waals surface area contributed by atoms with Gasteiger partial charge in [0.1, 0.15) is 22.7 Å². The molecule has 0 unspecified atom stereocenters. The number of amides is 3. The number of nitrogens with zero attached hydrogens (tertiary/aromatic N) is 3. The van der Waals surface area contributed by atoms with Gasteiger partial charge >= 0.3 is 0 Å². The zero-order valence-corrected chi connectivity index (χ0v) is 21.0. The third-order valence-corrected chi connectivity index (χ3v) is 6.58. The van der Waals surface area contributed by atoms with Gasteiger partial charge in [-0.2, -0.15) is 0 Å². The van der Waals surface area contributed by atoms with E-state index in [-0.39, 0.29) is 41.3 Å². The lowest BCUT2D eigenvalue weighted by atomic mass is 10.0. The van der Waals surface area contributed by atoms with Crippen molar-refractivity contribution in [1.29, 1.82) is 0 Å². The van der Waals surface area contributed by atoms with E-state index >= 15 is 4.39 Å². The number of rotatable bonds is 8. The fraction of sp³-hybridized carbons (Fsp3) is 0.148. The Bertz CT molecular complexity index is 1660. The van der Waals surface area contributed by atoms with Crippen molar-refractivity contribution < 1.29 is 32.6 Å². The van der Waals surface area contributed by atoms with Gasteiger partial charge in [0, 0.05) is 29.4 Å². The molecule has 1 aliphatic rings. The largest absolute Gasteiger partial charge is 0.496 e. The van der Waals surface area contributed by atoms with E-state index in [1.54, 1.807) is 0 Å². The van der Waals surface area contributed by atoms with Crippen LogP contribution in [0, 0.1) is 17.0 Å². The summed E-state index contributed by atoms with van der Waals surface area (Å²) >= 11 is 0. The monoisotopic (exact) mass is 548 g/mol. The smallest absolute Gasteiger partial charge is 0.268 e. The average molecular weight is 549 g/mol. The first-order valence-corrected chi connectivity index (χ1v) is 11.9. The van der Waals surface area contributed by atoms with Crippen molar-refractivity contribution in [2.75, 3.05) is 12.0 Å². The average Bonchev–Trinajstić information content (AvgIpc) is 3.77. The van der Waals surface area contributed by atoms with Crippen molar-refractivity contribution in [3.8, 4) is 17.4 Å². The number of fused-ring (bicyclic) bond motifs is 1. The summed E-state index contributed by atoms with van der Waals surface area (Å²) in [6.45, 7) is 0. The maximum absolute atomic E-state index is 15.4. The van der Waals surface area contributed by atoms with E-state index in [4.69, 9.17) is 21.1 Å². The first-order valence-electron chi connectivity index (χ1n) is 11.9. The van der Waals surface area contributed by atoms with Gasteiger partial charge < -0.3 is 15.2 Å². The molecule has 0 bridgehead atoms. The van der Waals surface area contributed by atoms with Gasteiger partial charge in [-0.3, -0.25) is 29.7 Å². The molecule has 2 heterocycles. The second-order valence-electron chi connectivity index (χ2n) is 9.00. The van der Waals surface area contributed by atoms with E-state index in [9.17, 15) is 18.8 Å². The summed E-state index contributed by atoms with van der Waals surface area (Å²) < 4.78 is 40.0. The molecule has 2 aromatic heterocycles. The summed E-state index contributed by atoms with van der Waals surface area (Å²) in [5, 5.41) is 0.340. The number of ether oxygens (including phenoxy) is 2. The van der Waals surface area contributed by atoms with Crippen molar-refractivity contribution in [2.24, 2.45) is 17.0 Å². The van der Waals surface area contributed by atoms with Crippen LogP contribution >= 0.6 is 0 Å². The van der Waals surface area contributed by atoms with Gasteiger partial charge in [0.15, 0.2) is 5.82 Å². The Balaban J connectivity index is 1.53. The Labute approximate surface area is 225 Å². The quantitative estimate of drug-likeness (QED) is 0.131. The Hall–Kier alpha value is -5.17. The molecule has 3 amide bonds. The molecular formula is C27H22F2N6O5. The predicted molar refractivity (Wildman–Crippen MR) is 139 cm³/mol. The van der Waals surface area contributed by atoms with E-state index in [0.717, 1.165) is 23.1 Å². The SMILES string of the molecule is COc1cc2nccc(Oc3ncc(N(C(=O)C4(C(N)=O)CC4)c4ccc(F)cc4)cc3F)c2cc1C(=O)NN. The number of hydrazine groups is 1. The molecular weight excluding hydrogens is 526 g/mol. The van der Waals surface area contributed by atoms with Crippen LogP contribution in [0.15, 0.2) is 60.9 Å². The van der Waals surface area contributed by atoms with Crippen LogP contribution in [-0.2, 0) is 9.59 Å². The van der Waals surface area contributed by atoms with Crippen molar-refractivity contribution in [3.63, 3.8) is 0 Å². The minimum absolute atomic E-state index is 0.0276. The zero-order chi connectivity index (χ0) is 28.6. The number of hydrogen-bond donors (Lipinski definition) is 3. The number of halogens is 2. The molecule has 4 aromatic rings. The van der Waals surface area contributed by atoms with Gasteiger partial charge in [-0.25, -0.2) is 19.6 Å². The molecule has 0 atom stereocenters. The highest BCUT2D eigenvalue weighted by Gasteiger charge is 2.57. The van der Waals surface area contributed by atoms with Gasteiger partial charge in [0.2, 0.25) is 11.8 Å². The van der Waals surface area contributed by atoms with Gasteiger partial charge in [-0.05, 0) is 49.2 Å². The minimum Gasteiger partial charge on any atom is -0.496 e. The van der Waals surface area contributed by atoms with Gasteiger partial charge in [-0.1, -0.05) is 0 Å². The molecule has 11 nitrogen and oxygen atoms in total. The van der Waals surface area contributed by atoms with Crippen LogP contribution in [0.1, 0.15) is 23.2 Å². The third-order valence-electron chi connectivity index (χ3n) is 6.58. The van der Waals surface area contributed by atoms with Crippen molar-refractivity contribution in [1.82, 2.24) is 15.4 Å². The van der Waals surface area contributed by atoms with E-state index in [2.05, 4.69) is 9.97 Å². The second kappa shape index (κ2) is 10.2. The lowest BCUT2D eigenvalue weighted by Crippen LogP contribution is -2.41. The van der Waals surface area contributed by atoms with E-state index in [0.29, 0.717) is 10.9 Å². The normalized spacial score (nSPS) is 13.4. The Morgan fingerprint density at radius 3 is 2.33 bits per heavy atom. The van der Waals surface area contributed by atoms with Crippen LogP contribution in [-0.4, -0.2) is 34.8 Å². The molecule has 1 fully saturated rings. The lowest BCUT2D eigenvalue weighted by molar-refractivity contribution is -0.133. The van der Waals surface area contributed by atoms with Crippen molar-refractivity contribution in [3.05, 3.63) is 78.1 Å². The third kappa shape index (κ3) is 4.62. The molecule has 5 rings (SSSR count). The van der Waals surface area contributed by atoms with Crippen LogP contribution in [0.5, 0.6) is 17.4 Å². The molecule has 0 aliphatic heterocycles. The van der Waals surface area contributed by atoms with E-state index < -0.39 is 40.7 Å². The number of carbonyl (C=O) groups is 3. The molecule has 0 spiro atoms. The zero-order valence-electron chi connectivity index (χ0n) is 21.0. The number of nitrogens with one attached hydrogen (secondary N) is 1. The van der Waals surface area contributed by atoms with Crippen LogP contribution in [0.2, 0.25) is 0 Å². The minimum atomic E-state index is -1.44. The Kier molecular flexibility index (Phi) is 6.73. The molecule has 5 N–H and O–H groups in total.